The van der Waals surface area contributed by atoms with E-state index in [1.165, 1.54) is 19.9 Å². The molecular formula is C10H11I3O2Si. The number of esters is 1. The van der Waals surface area contributed by atoms with Crippen molar-refractivity contribution >= 4 is 84.0 Å². The van der Waals surface area contributed by atoms with E-state index in [9.17, 15) is 4.79 Å². The van der Waals surface area contributed by atoms with E-state index in [2.05, 4.69) is 67.8 Å². The molecular weight excluding hydrogens is 561 g/mol. The molecule has 1 rings (SSSR count). The van der Waals surface area contributed by atoms with Gasteiger partial charge in [0.2, 0.25) is 0 Å². The highest BCUT2D eigenvalue weighted by Crippen LogP contribution is 2.25. The fourth-order valence-corrected chi connectivity index (χ4v) is 3.49. The summed E-state index contributed by atoms with van der Waals surface area (Å²) < 4.78 is 8.49. The fourth-order valence-electron chi connectivity index (χ4n) is 1.07. The van der Waals surface area contributed by atoms with Crippen molar-refractivity contribution in [2.75, 3.05) is 6.61 Å². The average molecular weight is 572 g/mol. The van der Waals surface area contributed by atoms with Crippen molar-refractivity contribution in [1.82, 2.24) is 0 Å². The van der Waals surface area contributed by atoms with Gasteiger partial charge in [-0.05, 0) is 86.3 Å². The van der Waals surface area contributed by atoms with Gasteiger partial charge in [-0.15, -0.1) is 0 Å². The molecule has 0 bridgehead atoms. The molecule has 0 aromatic heterocycles. The highest BCUT2D eigenvalue weighted by Gasteiger charge is 2.14. The van der Waals surface area contributed by atoms with Crippen molar-refractivity contribution in [2.45, 2.75) is 12.5 Å². The lowest BCUT2D eigenvalue weighted by Gasteiger charge is -2.08. The van der Waals surface area contributed by atoms with Crippen LogP contribution in [-0.4, -0.2) is 22.8 Å². The molecule has 0 aliphatic heterocycles. The van der Waals surface area contributed by atoms with Gasteiger partial charge in [-0.2, -0.15) is 0 Å². The molecule has 0 saturated carbocycles. The standard InChI is InChI=1S/C10H11I3O2Si/c11-7-3-2-6(8(12)9(7)13)10(14)15-4-1-5-16/h2-3H,1,4-5H2,16H3. The third-order valence-corrected chi connectivity index (χ3v) is 7.90. The molecule has 0 fully saturated rings. The molecule has 0 amide bonds. The number of halogens is 3. The van der Waals surface area contributed by atoms with Crippen LogP contribution in [0.5, 0.6) is 0 Å². The Morgan fingerprint density at radius 2 is 1.94 bits per heavy atom. The molecule has 0 spiro atoms. The zero-order valence-corrected chi connectivity index (χ0v) is 17.2. The summed E-state index contributed by atoms with van der Waals surface area (Å²) in [5.41, 5.74) is 0.679. The predicted octanol–water partition coefficient (Wildman–Crippen LogP) is 2.83. The zero-order valence-electron chi connectivity index (χ0n) is 8.73. The van der Waals surface area contributed by atoms with E-state index >= 15 is 0 Å². The van der Waals surface area contributed by atoms with Gasteiger partial charge in [0, 0.05) is 21.0 Å². The van der Waals surface area contributed by atoms with E-state index in [4.69, 9.17) is 4.74 Å². The van der Waals surface area contributed by atoms with Crippen LogP contribution in [0, 0.1) is 10.7 Å². The number of carbonyl (C=O) groups is 1. The van der Waals surface area contributed by atoms with Crippen LogP contribution in [0.3, 0.4) is 0 Å². The third-order valence-electron chi connectivity index (χ3n) is 1.99. The Morgan fingerprint density at radius 3 is 2.56 bits per heavy atom. The van der Waals surface area contributed by atoms with Gasteiger partial charge in [0.1, 0.15) is 0 Å². The molecule has 0 unspecified atom stereocenters. The molecule has 0 N–H and O–H groups in total. The van der Waals surface area contributed by atoms with Crippen LogP contribution in [0.2, 0.25) is 6.04 Å². The van der Waals surface area contributed by atoms with Crippen LogP contribution in [0.25, 0.3) is 0 Å². The largest absolute Gasteiger partial charge is 0.462 e. The van der Waals surface area contributed by atoms with E-state index in [1.807, 2.05) is 12.1 Å². The lowest BCUT2D eigenvalue weighted by Crippen LogP contribution is -2.09. The zero-order chi connectivity index (χ0) is 12.1. The summed E-state index contributed by atoms with van der Waals surface area (Å²) in [6.45, 7) is 0.543. The van der Waals surface area contributed by atoms with Gasteiger partial charge in [0.05, 0.1) is 12.2 Å². The maximum atomic E-state index is 11.8. The summed E-state index contributed by atoms with van der Waals surface area (Å²) in [6, 6.07) is 4.97. The molecule has 1 aromatic carbocycles. The number of carbonyl (C=O) groups excluding carboxylic acids is 1. The first-order valence-electron chi connectivity index (χ1n) is 4.88. The van der Waals surface area contributed by atoms with Crippen LogP contribution < -0.4 is 0 Å². The number of ether oxygens (including phenoxy) is 1. The minimum atomic E-state index is -0.200. The van der Waals surface area contributed by atoms with E-state index in [-0.39, 0.29) is 5.97 Å². The Kier molecular flexibility index (Phi) is 7.12. The molecule has 0 radical (unpaired) electrons. The van der Waals surface area contributed by atoms with Gasteiger partial charge in [0.25, 0.3) is 0 Å². The van der Waals surface area contributed by atoms with Crippen LogP contribution in [0.4, 0.5) is 0 Å². The molecule has 6 heteroatoms. The van der Waals surface area contributed by atoms with Crippen LogP contribution in [0.15, 0.2) is 12.1 Å². The van der Waals surface area contributed by atoms with Gasteiger partial charge in [0.15, 0.2) is 0 Å². The Bertz CT molecular complexity index is 396. The van der Waals surface area contributed by atoms with E-state index in [0.717, 1.165) is 13.6 Å². The molecule has 0 atom stereocenters. The minimum absolute atomic E-state index is 0.200. The first-order valence-corrected chi connectivity index (χ1v) is 9.53. The maximum absolute atomic E-state index is 11.8. The topological polar surface area (TPSA) is 26.3 Å². The highest BCUT2D eigenvalue weighted by atomic mass is 127. The third kappa shape index (κ3) is 4.09. The normalized spacial score (nSPS) is 10.4. The second-order valence-electron chi connectivity index (χ2n) is 3.21. The summed E-state index contributed by atoms with van der Waals surface area (Å²) in [4.78, 5) is 11.8. The Balaban J connectivity index is 2.80. The summed E-state index contributed by atoms with van der Waals surface area (Å²) in [7, 11) is 1.17. The van der Waals surface area contributed by atoms with Gasteiger partial charge in [-0.1, -0.05) is 6.04 Å². The summed E-state index contributed by atoms with van der Waals surface area (Å²) in [5, 5.41) is 0. The molecule has 0 heterocycles. The van der Waals surface area contributed by atoms with Gasteiger partial charge < -0.3 is 4.74 Å². The van der Waals surface area contributed by atoms with E-state index in [1.54, 1.807) is 0 Å². The van der Waals surface area contributed by atoms with Crippen molar-refractivity contribution < 1.29 is 9.53 Å². The lowest BCUT2D eigenvalue weighted by molar-refractivity contribution is 0.0504. The molecule has 1 aromatic rings. The van der Waals surface area contributed by atoms with Gasteiger partial charge >= 0.3 is 5.97 Å². The quantitative estimate of drug-likeness (QED) is 0.183. The van der Waals surface area contributed by atoms with Gasteiger partial charge in [-0.3, -0.25) is 0 Å². The van der Waals surface area contributed by atoms with Crippen LogP contribution in [0.1, 0.15) is 16.8 Å². The van der Waals surface area contributed by atoms with Crippen molar-refractivity contribution in [3.63, 3.8) is 0 Å². The number of hydrogen-bond donors (Lipinski definition) is 0. The predicted molar refractivity (Wildman–Crippen MR) is 94.2 cm³/mol. The number of benzene rings is 1. The highest BCUT2D eigenvalue weighted by molar-refractivity contribution is 14.1. The minimum Gasteiger partial charge on any atom is -0.462 e. The van der Waals surface area contributed by atoms with Crippen molar-refractivity contribution in [2.24, 2.45) is 0 Å². The average Bonchev–Trinajstić information content (AvgIpc) is 2.26. The molecule has 16 heavy (non-hydrogen) atoms. The molecule has 88 valence electrons. The summed E-state index contributed by atoms with van der Waals surface area (Å²) in [6.07, 6.45) is 0.982. The Labute approximate surface area is 139 Å². The summed E-state index contributed by atoms with van der Waals surface area (Å²) >= 11 is 6.72. The van der Waals surface area contributed by atoms with Crippen molar-refractivity contribution in [3.8, 4) is 0 Å². The Hall–Kier alpha value is 1.10. The molecule has 0 aliphatic carbocycles. The smallest absolute Gasteiger partial charge is 0.339 e. The monoisotopic (exact) mass is 572 g/mol. The molecule has 0 saturated heterocycles. The number of hydrogen-bond acceptors (Lipinski definition) is 2. The first kappa shape index (κ1) is 15.2. The SMILES string of the molecule is O=C(OCCC[SiH3])c1ccc(I)c(I)c1I. The van der Waals surface area contributed by atoms with Crippen molar-refractivity contribution in [1.29, 1.82) is 0 Å². The van der Waals surface area contributed by atoms with Crippen molar-refractivity contribution in [3.05, 3.63) is 28.4 Å². The summed E-state index contributed by atoms with van der Waals surface area (Å²) in [5.74, 6) is -0.200. The Morgan fingerprint density at radius 1 is 1.25 bits per heavy atom. The fraction of sp³-hybridized carbons (Fsp3) is 0.300. The van der Waals surface area contributed by atoms with Crippen LogP contribution >= 0.6 is 67.8 Å². The van der Waals surface area contributed by atoms with Gasteiger partial charge in [-0.25, -0.2) is 4.79 Å². The number of rotatable bonds is 4. The second-order valence-corrected chi connectivity index (χ2v) is 7.53. The second kappa shape index (κ2) is 7.51. The first-order chi connectivity index (χ1) is 7.57. The maximum Gasteiger partial charge on any atom is 0.339 e. The molecule has 2 nitrogen and oxygen atoms in total. The van der Waals surface area contributed by atoms with E-state index < -0.39 is 0 Å². The van der Waals surface area contributed by atoms with E-state index in [0.29, 0.717) is 12.2 Å². The molecule has 0 aliphatic rings. The lowest BCUT2D eigenvalue weighted by atomic mass is 10.2. The van der Waals surface area contributed by atoms with Crippen LogP contribution in [-0.2, 0) is 4.74 Å².